The molecule has 0 unspecified atom stereocenters. The Balaban J connectivity index is 0.000000242. The largest absolute Gasteiger partial charge is 0.481 e. The highest BCUT2D eigenvalue weighted by Gasteiger charge is 2.77. The van der Waals surface area contributed by atoms with E-state index in [0.717, 1.165) is 17.6 Å². The number of carboxylic acids is 1. The summed E-state index contributed by atoms with van der Waals surface area (Å²) in [5.41, 5.74) is -4.54. The van der Waals surface area contributed by atoms with Gasteiger partial charge in [0.1, 0.15) is 16.9 Å². The topological polar surface area (TPSA) is 230 Å². The highest BCUT2D eigenvalue weighted by molar-refractivity contribution is 6.74. The summed E-state index contributed by atoms with van der Waals surface area (Å²) in [6, 6.07) is 0. The Morgan fingerprint density at radius 1 is 0.679 bits per heavy atom. The van der Waals surface area contributed by atoms with E-state index < -0.39 is 78.8 Å². The average Bonchev–Trinajstić information content (AvgIpc) is 2.35. The number of amides is 1. The van der Waals surface area contributed by atoms with Crippen molar-refractivity contribution in [2.24, 2.45) is 79.1 Å². The van der Waals surface area contributed by atoms with Crippen LogP contribution in [0.3, 0.4) is 0 Å². The van der Waals surface area contributed by atoms with Crippen LogP contribution in [0.25, 0.3) is 0 Å². The third-order valence-corrected chi connectivity index (χ3v) is 32.4. The molecule has 0 aromatic heterocycles. The van der Waals surface area contributed by atoms with Crippen molar-refractivity contribution in [3.8, 4) is 0 Å². The van der Waals surface area contributed by atoms with Gasteiger partial charge < -0.3 is 35.1 Å². The van der Waals surface area contributed by atoms with Gasteiger partial charge in [0.25, 0.3) is 0 Å². The summed E-state index contributed by atoms with van der Waals surface area (Å²) >= 11 is 0. The van der Waals surface area contributed by atoms with E-state index in [-0.39, 0.29) is 89.1 Å². The number of allylic oxidation sites excluding steroid dienone is 8. The number of aliphatic hydroxyl groups is 3. The Hall–Kier alpha value is -3.53. The number of rotatable bonds is 11. The maximum absolute atomic E-state index is 17.6. The number of nitrogens with one attached hydrogen (secondary N) is 1. The molecule has 0 radical (unpaired) electrons. The highest BCUT2D eigenvalue weighted by atomic mass is 28.4. The lowest BCUT2D eigenvalue weighted by molar-refractivity contribution is -0.219. The van der Waals surface area contributed by atoms with Gasteiger partial charge in [0.15, 0.2) is 33.9 Å². The Labute approximate surface area is 485 Å². The van der Waals surface area contributed by atoms with Crippen LogP contribution >= 0.6 is 0 Å². The number of hydrogen-bond acceptors (Lipinski definition) is 12. The summed E-state index contributed by atoms with van der Waals surface area (Å²) in [5, 5.41) is 51.7. The van der Waals surface area contributed by atoms with Gasteiger partial charge in [-0.2, -0.15) is 10.2 Å². The van der Waals surface area contributed by atoms with Crippen molar-refractivity contribution in [3.63, 3.8) is 0 Å². The van der Waals surface area contributed by atoms with Crippen LogP contribution in [0, 0.1) is 63.1 Å². The summed E-state index contributed by atoms with van der Waals surface area (Å²) in [7, 11) is -4.39. The van der Waals surface area contributed by atoms with Gasteiger partial charge in [-0.15, -0.1) is 0 Å². The second-order valence-electron chi connectivity index (χ2n) is 29.6. The van der Waals surface area contributed by atoms with Crippen molar-refractivity contribution in [1.29, 1.82) is 0 Å². The standard InChI is InChI=1S/C31H49FN2O5Si.C29H47FN2O3Si.C3H6O2/c1-10-26(37)34-33-21-13-14-28(6)20(16-21)11-12-22-23-15-19(2)31(38,29(23,7)17-24(35)30(22,28)32)25(36)18-39-40(8,9)27(3,4)5;1-18-14-23-22-11-10-20-15-21(32-31)12-13-26(20,6)28(22,30)19(2)16-27(23,7)29(18,34)24(33)17-35-36(8,9)25(3,4)5;1-2-3(4)5/h13-14,16,19,22-24,35,38H,10-12,15,17-18H2,1-9H3,(H,34,37);12-13,15,18-19,22-23,34H,10-11,14,16-17,31H2,1-9H3;2H2,1H3,(H,4,5)/b33-21+;32-21+;/t19-,22+,23+,24+,28+,29+,30+,31+;18-,19+,22+,23+,26+,27+,28-,29+;/m11./s1. The molecule has 18 heteroatoms. The monoisotopic (exact) mass is 1170 g/mol. The molecule has 81 heavy (non-hydrogen) atoms. The molecule has 8 aliphatic carbocycles. The molecule has 6 fully saturated rings. The van der Waals surface area contributed by atoms with Crippen LogP contribution in [0.15, 0.2) is 57.8 Å². The molecule has 0 spiro atoms. The molecule has 0 aromatic carbocycles. The second kappa shape index (κ2) is 22.4. The number of alkyl halides is 2. The minimum atomic E-state index is -2.23. The van der Waals surface area contributed by atoms with Crippen molar-refractivity contribution >= 4 is 51.5 Å². The van der Waals surface area contributed by atoms with Gasteiger partial charge >= 0.3 is 5.97 Å². The van der Waals surface area contributed by atoms with Crippen LogP contribution < -0.4 is 11.3 Å². The fraction of sp³-hybridized carbons (Fsp3) is 0.778. The Morgan fingerprint density at radius 2 is 1.07 bits per heavy atom. The minimum Gasteiger partial charge on any atom is -0.481 e. The maximum atomic E-state index is 17.6. The molecule has 8 rings (SSSR count). The molecule has 0 aliphatic heterocycles. The van der Waals surface area contributed by atoms with Gasteiger partial charge in [-0.1, -0.05) is 113 Å². The summed E-state index contributed by atoms with van der Waals surface area (Å²) in [4.78, 5) is 48.7. The lowest BCUT2D eigenvalue weighted by Gasteiger charge is -2.63. The van der Waals surface area contributed by atoms with E-state index in [4.69, 9.17) is 19.8 Å². The SMILES string of the molecule is CCC(=O)N/N=C1\C=C[C@@]2(C)C(=C1)CC[C@H]1[C@@H]3C[C@@H](C)[C@](O)(C(=O)CO[Si](C)(C)C(C)(C)C)[C@@]3(C)C[C@H](O)[C@@]12F.CCC(=O)O.C[C@@H]1C[C@H]2[C@@H]3CCC4=C/C(=N/N)C=C[C@]4(C)[C@@]3(F)[C@@H](C)C[C@]2(C)[C@@]1(O)C(=O)CO[Si](C)(C)C(C)(C)C. The van der Waals surface area contributed by atoms with E-state index in [9.17, 15) is 34.5 Å². The normalized spacial score (nSPS) is 41.5. The molecular weight excluding hydrogens is 1070 g/mol. The molecule has 8 aliphatic rings. The predicted octanol–water partition coefficient (Wildman–Crippen LogP) is 11.7. The number of aliphatic hydroxyl groups excluding tert-OH is 1. The fourth-order valence-corrected chi connectivity index (χ4v) is 18.2. The fourth-order valence-electron chi connectivity index (χ4n) is 16.3. The van der Waals surface area contributed by atoms with Crippen molar-refractivity contribution in [2.75, 3.05) is 13.2 Å². The maximum Gasteiger partial charge on any atom is 0.303 e. The number of halogens is 2. The Bertz CT molecular complexity index is 2660. The number of fused-ring (bicyclic) bond motifs is 10. The smallest absolute Gasteiger partial charge is 0.303 e. The van der Waals surface area contributed by atoms with Crippen LogP contribution in [-0.4, -0.2) is 114 Å². The molecule has 7 N–H and O–H groups in total. The van der Waals surface area contributed by atoms with Crippen LogP contribution in [0.2, 0.25) is 36.3 Å². The zero-order chi connectivity index (χ0) is 61.5. The third-order valence-electron chi connectivity index (χ3n) is 23.5. The highest BCUT2D eigenvalue weighted by Crippen LogP contribution is 2.73. The second-order valence-corrected chi connectivity index (χ2v) is 39.2. The van der Waals surface area contributed by atoms with Gasteiger partial charge in [0, 0.05) is 40.4 Å². The first-order valence-corrected chi connectivity index (χ1v) is 35.8. The predicted molar refractivity (Wildman–Crippen MR) is 321 cm³/mol. The summed E-state index contributed by atoms with van der Waals surface area (Å²) in [6.45, 7) is 37.8. The van der Waals surface area contributed by atoms with E-state index in [1.807, 2.05) is 72.8 Å². The van der Waals surface area contributed by atoms with Gasteiger partial charge in [0.05, 0.1) is 30.7 Å². The summed E-state index contributed by atoms with van der Waals surface area (Å²) in [6.07, 6.45) is 14.4. The molecule has 0 saturated heterocycles. The first kappa shape index (κ1) is 66.6. The minimum absolute atomic E-state index is 0.0123. The zero-order valence-electron chi connectivity index (χ0n) is 52.5. The summed E-state index contributed by atoms with van der Waals surface area (Å²) < 4.78 is 47.8. The number of hydrazone groups is 2. The molecule has 1 amide bonds. The Kier molecular flexibility index (Phi) is 18.4. The molecule has 0 heterocycles. The van der Waals surface area contributed by atoms with E-state index >= 15 is 8.78 Å². The van der Waals surface area contributed by atoms with E-state index in [2.05, 4.69) is 83.4 Å². The molecule has 6 saturated carbocycles. The number of nitrogens with two attached hydrogens (primary N) is 1. The molecule has 0 aromatic rings. The van der Waals surface area contributed by atoms with Crippen molar-refractivity contribution < 1.29 is 57.2 Å². The number of hydrogen-bond donors (Lipinski definition) is 6. The van der Waals surface area contributed by atoms with Crippen molar-refractivity contribution in [1.82, 2.24) is 5.43 Å². The first-order valence-electron chi connectivity index (χ1n) is 30.0. The molecule has 14 nitrogen and oxygen atoms in total. The van der Waals surface area contributed by atoms with Crippen LogP contribution in [-0.2, 0) is 28.0 Å². The summed E-state index contributed by atoms with van der Waals surface area (Å²) in [5.74, 6) is 1.91. The average molecular weight is 1170 g/mol. The van der Waals surface area contributed by atoms with Crippen LogP contribution in [0.1, 0.15) is 168 Å². The first-order chi connectivity index (χ1) is 37.0. The van der Waals surface area contributed by atoms with Crippen molar-refractivity contribution in [2.45, 2.75) is 233 Å². The number of nitrogens with zero attached hydrogens (tertiary/aromatic N) is 2. The van der Waals surface area contributed by atoms with E-state index in [1.165, 1.54) is 0 Å². The number of aliphatic carboxylic acids is 1. The van der Waals surface area contributed by atoms with Gasteiger partial charge in [-0.25, -0.2) is 14.2 Å². The zero-order valence-corrected chi connectivity index (χ0v) is 54.5. The van der Waals surface area contributed by atoms with E-state index in [1.54, 1.807) is 26.0 Å². The van der Waals surface area contributed by atoms with Crippen LogP contribution in [0.4, 0.5) is 8.78 Å². The van der Waals surface area contributed by atoms with Gasteiger partial charge in [-0.05, 0) is 161 Å². The van der Waals surface area contributed by atoms with Gasteiger partial charge in [0.2, 0.25) is 5.91 Å². The molecule has 0 bridgehead atoms. The number of Topliss-reactive ketones (excluding diaryl/α,β-unsaturated/α-hetero) is 2. The number of carbonyl (C=O) groups is 4. The Morgan fingerprint density at radius 3 is 1.48 bits per heavy atom. The number of carbonyl (C=O) groups excluding carboxylic acids is 3. The van der Waals surface area contributed by atoms with Crippen LogP contribution in [0.5, 0.6) is 0 Å². The third kappa shape index (κ3) is 10.4. The van der Waals surface area contributed by atoms with Crippen molar-refractivity contribution in [3.05, 3.63) is 47.6 Å². The van der Waals surface area contributed by atoms with Gasteiger partial charge in [-0.3, -0.25) is 19.2 Å². The number of carboxylic acid groups (broad SMARTS) is 1. The number of ketones is 2. The molecular formula is C63H102F2N4O10Si2. The van der Waals surface area contributed by atoms with E-state index in [0.29, 0.717) is 56.4 Å². The molecule has 16 atom stereocenters. The quantitative estimate of drug-likeness (QED) is 0.0647. The lowest BCUT2D eigenvalue weighted by Crippen LogP contribution is -2.69. The molecule has 456 valence electrons. The lowest BCUT2D eigenvalue weighted by atomic mass is 9.43.